The van der Waals surface area contributed by atoms with Crippen molar-refractivity contribution in [1.82, 2.24) is 15.3 Å². The first-order valence-electron chi connectivity index (χ1n) is 9.61. The Bertz CT molecular complexity index is 716. The lowest BCUT2D eigenvalue weighted by atomic mass is 10.1. The van der Waals surface area contributed by atoms with Crippen LogP contribution >= 0.6 is 11.8 Å². The Kier molecular flexibility index (Phi) is 5.92. The zero-order chi connectivity index (χ0) is 17.6. The second-order valence-electron chi connectivity index (χ2n) is 6.81. The lowest BCUT2D eigenvalue weighted by molar-refractivity contribution is 0.708. The first kappa shape index (κ1) is 17.6. The van der Waals surface area contributed by atoms with E-state index in [1.807, 2.05) is 11.8 Å². The SMILES string of the molecule is c1ccc(CCNc2nc(N3CCSCC3)nc3c2CCNCC3)cc1. The summed E-state index contributed by atoms with van der Waals surface area (Å²) in [6.45, 7) is 5.00. The Labute approximate surface area is 160 Å². The maximum Gasteiger partial charge on any atom is 0.227 e. The molecule has 2 N–H and O–H groups in total. The van der Waals surface area contributed by atoms with E-state index in [9.17, 15) is 0 Å². The number of anilines is 2. The fourth-order valence-corrected chi connectivity index (χ4v) is 4.46. The maximum atomic E-state index is 4.95. The lowest BCUT2D eigenvalue weighted by Crippen LogP contribution is -2.34. The Hall–Kier alpha value is -1.79. The van der Waals surface area contributed by atoms with Gasteiger partial charge in [0.05, 0.1) is 5.69 Å². The molecule has 4 rings (SSSR count). The molecule has 2 aliphatic heterocycles. The third kappa shape index (κ3) is 4.30. The van der Waals surface area contributed by atoms with Gasteiger partial charge in [0.1, 0.15) is 5.82 Å². The largest absolute Gasteiger partial charge is 0.369 e. The minimum Gasteiger partial charge on any atom is -0.369 e. The molecule has 0 aliphatic carbocycles. The molecular formula is C20H27N5S. The van der Waals surface area contributed by atoms with Crippen LogP contribution in [0.4, 0.5) is 11.8 Å². The fourth-order valence-electron chi connectivity index (χ4n) is 3.55. The highest BCUT2D eigenvalue weighted by Gasteiger charge is 2.20. The van der Waals surface area contributed by atoms with Crippen LogP contribution in [0.25, 0.3) is 0 Å². The molecule has 3 heterocycles. The van der Waals surface area contributed by atoms with Crippen LogP contribution in [0.5, 0.6) is 0 Å². The maximum absolute atomic E-state index is 4.95. The van der Waals surface area contributed by atoms with Gasteiger partial charge in [-0.2, -0.15) is 16.7 Å². The van der Waals surface area contributed by atoms with E-state index in [2.05, 4.69) is 45.9 Å². The Balaban J connectivity index is 1.54. The highest BCUT2D eigenvalue weighted by Crippen LogP contribution is 2.24. The number of fused-ring (bicyclic) bond motifs is 1. The Morgan fingerprint density at radius 2 is 1.85 bits per heavy atom. The summed E-state index contributed by atoms with van der Waals surface area (Å²) in [7, 11) is 0. The van der Waals surface area contributed by atoms with Crippen molar-refractivity contribution >= 4 is 23.5 Å². The molecule has 0 atom stereocenters. The normalized spacial score (nSPS) is 17.5. The van der Waals surface area contributed by atoms with Crippen molar-refractivity contribution < 1.29 is 0 Å². The van der Waals surface area contributed by atoms with Crippen molar-refractivity contribution in [3.05, 3.63) is 47.2 Å². The number of benzene rings is 1. The quantitative estimate of drug-likeness (QED) is 0.844. The van der Waals surface area contributed by atoms with E-state index in [0.29, 0.717) is 0 Å². The van der Waals surface area contributed by atoms with Crippen molar-refractivity contribution in [1.29, 1.82) is 0 Å². The van der Waals surface area contributed by atoms with Crippen molar-refractivity contribution in [2.45, 2.75) is 19.3 Å². The monoisotopic (exact) mass is 369 g/mol. The van der Waals surface area contributed by atoms with Crippen molar-refractivity contribution in [2.75, 3.05) is 54.4 Å². The van der Waals surface area contributed by atoms with Gasteiger partial charge < -0.3 is 15.5 Å². The number of nitrogens with one attached hydrogen (secondary N) is 2. The molecule has 138 valence electrons. The van der Waals surface area contributed by atoms with E-state index in [0.717, 1.165) is 63.8 Å². The van der Waals surface area contributed by atoms with Crippen LogP contribution in [0.3, 0.4) is 0 Å². The van der Waals surface area contributed by atoms with Gasteiger partial charge in [-0.3, -0.25) is 0 Å². The van der Waals surface area contributed by atoms with E-state index in [1.54, 1.807) is 0 Å². The average molecular weight is 370 g/mol. The van der Waals surface area contributed by atoms with Crippen molar-refractivity contribution in [3.8, 4) is 0 Å². The number of hydrogen-bond donors (Lipinski definition) is 2. The number of aromatic nitrogens is 2. The van der Waals surface area contributed by atoms with Gasteiger partial charge in [-0.05, 0) is 24.9 Å². The zero-order valence-electron chi connectivity index (χ0n) is 15.2. The summed E-state index contributed by atoms with van der Waals surface area (Å²) in [5, 5.41) is 7.11. The van der Waals surface area contributed by atoms with Crippen LogP contribution in [-0.4, -0.2) is 54.2 Å². The highest BCUT2D eigenvalue weighted by atomic mass is 32.2. The predicted octanol–water partition coefficient (Wildman–Crippen LogP) is 2.37. The van der Waals surface area contributed by atoms with Crippen LogP contribution in [0.1, 0.15) is 16.8 Å². The summed E-state index contributed by atoms with van der Waals surface area (Å²) in [6.07, 6.45) is 2.99. The smallest absolute Gasteiger partial charge is 0.227 e. The van der Waals surface area contributed by atoms with E-state index >= 15 is 0 Å². The molecule has 0 bridgehead atoms. The zero-order valence-corrected chi connectivity index (χ0v) is 16.0. The van der Waals surface area contributed by atoms with Crippen LogP contribution < -0.4 is 15.5 Å². The molecule has 0 radical (unpaired) electrons. The Morgan fingerprint density at radius 3 is 2.69 bits per heavy atom. The molecule has 1 aromatic carbocycles. The highest BCUT2D eigenvalue weighted by molar-refractivity contribution is 7.99. The molecule has 26 heavy (non-hydrogen) atoms. The topological polar surface area (TPSA) is 53.1 Å². The molecule has 1 saturated heterocycles. The van der Waals surface area contributed by atoms with E-state index in [4.69, 9.17) is 9.97 Å². The third-order valence-electron chi connectivity index (χ3n) is 5.01. The van der Waals surface area contributed by atoms with Gasteiger partial charge in [0.15, 0.2) is 0 Å². The number of thioether (sulfide) groups is 1. The van der Waals surface area contributed by atoms with Gasteiger partial charge in [-0.25, -0.2) is 4.98 Å². The standard InChI is InChI=1S/C20H27N5S/c1-2-4-16(5-3-1)6-11-22-19-17-7-9-21-10-8-18(17)23-20(24-19)25-12-14-26-15-13-25/h1-5,21H,6-15H2,(H,22,23,24). The second kappa shape index (κ2) is 8.73. The molecule has 1 fully saturated rings. The summed E-state index contributed by atoms with van der Waals surface area (Å²) >= 11 is 2.02. The molecule has 1 aromatic heterocycles. The summed E-state index contributed by atoms with van der Waals surface area (Å²) < 4.78 is 0. The van der Waals surface area contributed by atoms with Crippen LogP contribution in [0, 0.1) is 0 Å². The Morgan fingerprint density at radius 1 is 1.04 bits per heavy atom. The molecule has 0 unspecified atom stereocenters. The lowest BCUT2D eigenvalue weighted by Gasteiger charge is -2.27. The molecule has 2 aliphatic rings. The summed E-state index contributed by atoms with van der Waals surface area (Å²) in [5.41, 5.74) is 3.88. The number of hydrogen-bond acceptors (Lipinski definition) is 6. The number of rotatable bonds is 5. The van der Waals surface area contributed by atoms with Crippen molar-refractivity contribution in [2.24, 2.45) is 0 Å². The third-order valence-corrected chi connectivity index (χ3v) is 5.96. The molecule has 6 heteroatoms. The first-order chi connectivity index (χ1) is 12.9. The predicted molar refractivity (Wildman–Crippen MR) is 110 cm³/mol. The first-order valence-corrected chi connectivity index (χ1v) is 10.8. The van der Waals surface area contributed by atoms with Gasteiger partial charge in [-0.1, -0.05) is 30.3 Å². The van der Waals surface area contributed by atoms with Crippen LogP contribution in [0.2, 0.25) is 0 Å². The van der Waals surface area contributed by atoms with E-state index in [1.165, 1.54) is 28.3 Å². The molecular weight excluding hydrogens is 342 g/mol. The fraction of sp³-hybridized carbons (Fsp3) is 0.500. The number of nitrogens with zero attached hydrogens (tertiary/aromatic N) is 3. The van der Waals surface area contributed by atoms with Gasteiger partial charge >= 0.3 is 0 Å². The van der Waals surface area contributed by atoms with E-state index < -0.39 is 0 Å². The average Bonchev–Trinajstić information content (AvgIpc) is 2.95. The molecule has 2 aromatic rings. The van der Waals surface area contributed by atoms with Crippen LogP contribution in [0.15, 0.2) is 30.3 Å². The molecule has 0 saturated carbocycles. The van der Waals surface area contributed by atoms with Gasteiger partial charge in [-0.15, -0.1) is 0 Å². The molecule has 5 nitrogen and oxygen atoms in total. The van der Waals surface area contributed by atoms with E-state index in [-0.39, 0.29) is 0 Å². The van der Waals surface area contributed by atoms with Gasteiger partial charge in [0.2, 0.25) is 5.95 Å². The van der Waals surface area contributed by atoms with Gasteiger partial charge in [0.25, 0.3) is 0 Å². The van der Waals surface area contributed by atoms with Crippen LogP contribution in [-0.2, 0) is 19.3 Å². The summed E-state index contributed by atoms with van der Waals surface area (Å²) in [6, 6.07) is 10.6. The molecule has 0 amide bonds. The van der Waals surface area contributed by atoms with Gasteiger partial charge in [0, 0.05) is 49.7 Å². The summed E-state index contributed by atoms with van der Waals surface area (Å²) in [5.74, 6) is 4.29. The summed E-state index contributed by atoms with van der Waals surface area (Å²) in [4.78, 5) is 12.2. The minimum atomic E-state index is 0.899. The molecule has 0 spiro atoms. The minimum absolute atomic E-state index is 0.899. The second-order valence-corrected chi connectivity index (χ2v) is 8.03. The van der Waals surface area contributed by atoms with Crippen molar-refractivity contribution in [3.63, 3.8) is 0 Å².